The molecule has 2 N–H and O–H groups in total. The molecule has 5 rings (SSSR count). The number of rotatable bonds is 4. The number of amides is 1. The van der Waals surface area contributed by atoms with Crippen LogP contribution in [-0.2, 0) is 11.2 Å². The van der Waals surface area contributed by atoms with Crippen LogP contribution < -0.4 is 15.2 Å². The van der Waals surface area contributed by atoms with E-state index in [4.69, 9.17) is 5.73 Å². The summed E-state index contributed by atoms with van der Waals surface area (Å²) in [5, 5.41) is 4.96. The van der Waals surface area contributed by atoms with Crippen LogP contribution in [0.1, 0.15) is 38.4 Å². The van der Waals surface area contributed by atoms with Crippen LogP contribution in [0.15, 0.2) is 12.1 Å². The molecule has 1 aromatic carbocycles. The molecule has 2 aromatic heterocycles. The molecular weight excluding hydrogens is 422 g/mol. The molecule has 0 bridgehead atoms. The number of hydrogen-bond acceptors (Lipinski definition) is 7. The fourth-order valence-electron chi connectivity index (χ4n) is 4.52. The zero-order valence-electron chi connectivity index (χ0n) is 17.8. The van der Waals surface area contributed by atoms with E-state index in [1.807, 2.05) is 7.05 Å². The van der Waals surface area contributed by atoms with Gasteiger partial charge in [0.25, 0.3) is 0 Å². The van der Waals surface area contributed by atoms with Gasteiger partial charge in [0.05, 0.1) is 0 Å². The molecule has 1 fully saturated rings. The summed E-state index contributed by atoms with van der Waals surface area (Å²) in [4.78, 5) is 22.8. The maximum atomic E-state index is 13.5. The van der Waals surface area contributed by atoms with Crippen molar-refractivity contribution < 1.29 is 23.0 Å². The topological polar surface area (TPSA) is 108 Å². The number of aromatic nitrogens is 4. The number of benzene rings is 1. The Kier molecular flexibility index (Phi) is 4.79. The fraction of sp³-hybridized carbons (Fsp3) is 0.524. The lowest BCUT2D eigenvalue weighted by atomic mass is 9.84. The molecule has 1 amide bonds. The van der Waals surface area contributed by atoms with E-state index in [9.17, 15) is 13.6 Å². The lowest BCUT2D eigenvalue weighted by Gasteiger charge is -2.21. The average molecular weight is 446 g/mol. The van der Waals surface area contributed by atoms with E-state index in [0.29, 0.717) is 41.5 Å². The molecule has 11 heteroatoms. The number of hydrogen-bond donors (Lipinski definition) is 1. The van der Waals surface area contributed by atoms with E-state index in [2.05, 4.69) is 31.5 Å². The number of alkyl halides is 2. The van der Waals surface area contributed by atoms with Gasteiger partial charge in [-0.05, 0) is 43.2 Å². The van der Waals surface area contributed by atoms with Crippen LogP contribution >= 0.6 is 0 Å². The van der Waals surface area contributed by atoms with Gasteiger partial charge in [0.2, 0.25) is 11.9 Å². The van der Waals surface area contributed by atoms with Gasteiger partial charge in [-0.3, -0.25) is 4.79 Å². The van der Waals surface area contributed by atoms with Crippen molar-refractivity contribution in [2.45, 2.75) is 45.3 Å². The summed E-state index contributed by atoms with van der Waals surface area (Å²) in [7, 11) is 1.85. The van der Waals surface area contributed by atoms with Gasteiger partial charge in [0, 0.05) is 31.8 Å². The fourth-order valence-corrected chi connectivity index (χ4v) is 4.52. The van der Waals surface area contributed by atoms with Crippen molar-refractivity contribution in [1.82, 2.24) is 24.5 Å². The molecule has 9 nitrogen and oxygen atoms in total. The summed E-state index contributed by atoms with van der Waals surface area (Å²) < 4.78 is 37.6. The molecule has 32 heavy (non-hydrogen) atoms. The lowest BCUT2D eigenvalue weighted by Crippen LogP contribution is -2.27. The molecule has 2 aliphatic rings. The minimum atomic E-state index is -3.75. The molecule has 0 aliphatic carbocycles. The zero-order valence-corrected chi connectivity index (χ0v) is 17.8. The number of carbonyl (C=O) groups is 1. The first-order chi connectivity index (χ1) is 15.2. The quantitative estimate of drug-likeness (QED) is 0.656. The van der Waals surface area contributed by atoms with Crippen LogP contribution in [0.25, 0.3) is 16.6 Å². The number of nitrogens with zero attached hydrogens (tertiary/aromatic N) is 5. The van der Waals surface area contributed by atoms with Crippen molar-refractivity contribution in [3.63, 3.8) is 0 Å². The molecule has 2 unspecified atom stereocenters. The Hall–Kier alpha value is -3.24. The molecule has 1 saturated heterocycles. The van der Waals surface area contributed by atoms with E-state index in [1.54, 1.807) is 11.0 Å². The van der Waals surface area contributed by atoms with Gasteiger partial charge in [-0.1, -0.05) is 6.92 Å². The number of ether oxygens (including phenoxy) is 2. The molecule has 4 heterocycles. The van der Waals surface area contributed by atoms with E-state index >= 15 is 0 Å². The lowest BCUT2D eigenvalue weighted by molar-refractivity contribution is -0.286. The number of nitrogen functional groups attached to an aromatic ring is 1. The minimum Gasteiger partial charge on any atom is -0.395 e. The second-order valence-electron chi connectivity index (χ2n) is 8.63. The smallest absolute Gasteiger partial charge is 0.395 e. The Morgan fingerprint density at radius 3 is 2.94 bits per heavy atom. The summed E-state index contributed by atoms with van der Waals surface area (Å²) in [5.74, 6) is 1.19. The van der Waals surface area contributed by atoms with Crippen molar-refractivity contribution >= 4 is 28.4 Å². The van der Waals surface area contributed by atoms with Crippen LogP contribution in [0.5, 0.6) is 11.5 Å². The number of nitrogens with two attached hydrogens (primary N) is 1. The molecule has 0 saturated carbocycles. The Morgan fingerprint density at radius 2 is 2.12 bits per heavy atom. The highest BCUT2D eigenvalue weighted by atomic mass is 19.3. The van der Waals surface area contributed by atoms with Gasteiger partial charge >= 0.3 is 6.29 Å². The number of anilines is 1. The third-order valence-electron chi connectivity index (χ3n) is 6.44. The van der Waals surface area contributed by atoms with Crippen molar-refractivity contribution in [2.24, 2.45) is 11.8 Å². The third kappa shape index (κ3) is 3.55. The summed E-state index contributed by atoms with van der Waals surface area (Å²) in [6.45, 7) is 2.96. The summed E-state index contributed by atoms with van der Waals surface area (Å²) in [5.41, 5.74) is 6.61. The van der Waals surface area contributed by atoms with Crippen molar-refractivity contribution in [2.75, 3.05) is 19.3 Å². The van der Waals surface area contributed by atoms with E-state index < -0.39 is 6.29 Å². The number of likely N-dealkylation sites (tertiary alicyclic amines) is 1. The van der Waals surface area contributed by atoms with Gasteiger partial charge in [-0.25, -0.2) is 9.97 Å². The summed E-state index contributed by atoms with van der Waals surface area (Å²) >= 11 is 0. The first-order valence-corrected chi connectivity index (χ1v) is 10.7. The van der Waals surface area contributed by atoms with E-state index in [1.165, 1.54) is 10.6 Å². The Morgan fingerprint density at radius 1 is 1.31 bits per heavy atom. The predicted octanol–water partition coefficient (Wildman–Crippen LogP) is 3.01. The molecule has 3 aromatic rings. The molecule has 2 atom stereocenters. The van der Waals surface area contributed by atoms with Crippen LogP contribution in [-0.4, -0.2) is 50.3 Å². The van der Waals surface area contributed by atoms with Crippen LogP contribution in [0.2, 0.25) is 0 Å². The highest BCUT2D eigenvalue weighted by Gasteiger charge is 2.45. The number of aryl methyl sites for hydroxylation is 1. The number of fused-ring (bicyclic) bond motifs is 5. The maximum Gasteiger partial charge on any atom is 0.586 e. The van der Waals surface area contributed by atoms with Crippen molar-refractivity contribution in [3.8, 4) is 11.5 Å². The second kappa shape index (κ2) is 7.42. The second-order valence-corrected chi connectivity index (χ2v) is 8.63. The van der Waals surface area contributed by atoms with Gasteiger partial charge in [-0.15, -0.1) is 13.9 Å². The Labute approximate surface area is 182 Å². The Bertz CT molecular complexity index is 1210. The maximum absolute atomic E-state index is 13.5. The van der Waals surface area contributed by atoms with Gasteiger partial charge in [0.1, 0.15) is 5.52 Å². The first-order valence-electron chi connectivity index (χ1n) is 10.7. The predicted molar refractivity (Wildman–Crippen MR) is 111 cm³/mol. The summed E-state index contributed by atoms with van der Waals surface area (Å²) in [6, 6.07) is 2.99. The van der Waals surface area contributed by atoms with Crippen molar-refractivity contribution in [3.05, 3.63) is 18.0 Å². The molecular formula is C21H24F2N6O3. The molecule has 170 valence electrons. The Balaban J connectivity index is 1.40. The molecule has 2 aliphatic heterocycles. The van der Waals surface area contributed by atoms with Gasteiger partial charge < -0.3 is 20.1 Å². The van der Waals surface area contributed by atoms with Crippen molar-refractivity contribution in [1.29, 1.82) is 0 Å². The van der Waals surface area contributed by atoms with Crippen LogP contribution in [0, 0.1) is 11.8 Å². The minimum absolute atomic E-state index is 0.0175. The highest BCUT2D eigenvalue weighted by Crippen LogP contribution is 2.45. The third-order valence-corrected chi connectivity index (χ3v) is 6.44. The number of carbonyl (C=O) groups excluding carboxylic acids is 1. The standard InChI is InChI=1S/C21H24F2N6O3/c1-11(12-4-3-9-28(2)16(30)10-12)5-8-15-25-19-13-6-7-14-18(32-21(22,23)31-14)17(13)26-20(24)29(19)27-15/h6-7,11-12H,3-5,8-10H2,1-2H3,(H2,24,26). The normalized spacial score (nSPS) is 21.3. The monoisotopic (exact) mass is 446 g/mol. The van der Waals surface area contributed by atoms with E-state index in [-0.39, 0.29) is 28.9 Å². The number of halogens is 2. The molecule has 0 radical (unpaired) electrons. The highest BCUT2D eigenvalue weighted by molar-refractivity contribution is 5.97. The van der Waals surface area contributed by atoms with Gasteiger partial charge in [-0.2, -0.15) is 4.52 Å². The van der Waals surface area contributed by atoms with Crippen LogP contribution in [0.3, 0.4) is 0 Å². The molecule has 0 spiro atoms. The SMILES string of the molecule is CC(CCc1nc2c3ccc4c(c3nc(N)n2n1)OC(F)(F)O4)C1CCCN(C)C(=O)C1. The van der Waals surface area contributed by atoms with Gasteiger partial charge in [0.15, 0.2) is 23.0 Å². The van der Waals surface area contributed by atoms with E-state index in [0.717, 1.165) is 25.8 Å². The average Bonchev–Trinajstić information content (AvgIpc) is 3.26. The zero-order chi connectivity index (χ0) is 22.6. The largest absolute Gasteiger partial charge is 0.586 e. The first kappa shape index (κ1) is 20.7. The van der Waals surface area contributed by atoms with Crippen LogP contribution in [0.4, 0.5) is 14.7 Å². The summed E-state index contributed by atoms with van der Waals surface area (Å²) in [6.07, 6.45) is 0.273.